The molecule has 1 aliphatic rings. The fourth-order valence-electron chi connectivity index (χ4n) is 3.18. The highest BCUT2D eigenvalue weighted by atomic mass is 32.1. The standard InChI is InChI=1S/C20H19N3OS/c1-14(24)23(12-15-5-3-2-4-6-15)19-11-16(13-25-19)17-7-9-21-20-18(17)8-10-22-20/h2-6,8,10-11,13H,7,9,12H2,1H3,(H,21,22). The van der Waals surface area contributed by atoms with Gasteiger partial charge in [0.2, 0.25) is 5.91 Å². The van der Waals surface area contributed by atoms with Crippen LogP contribution in [0.1, 0.15) is 24.5 Å². The molecule has 0 atom stereocenters. The summed E-state index contributed by atoms with van der Waals surface area (Å²) in [5.74, 6) is 0.0585. The number of hydrogen-bond donors (Lipinski definition) is 1. The van der Waals surface area contributed by atoms with Gasteiger partial charge in [-0.2, -0.15) is 0 Å². The minimum atomic E-state index is 0.0585. The molecule has 2 aromatic heterocycles. The third-order valence-electron chi connectivity index (χ3n) is 4.45. The van der Waals surface area contributed by atoms with Crippen LogP contribution in [0.4, 0.5) is 5.00 Å². The molecule has 0 spiro atoms. The van der Waals surface area contributed by atoms with Gasteiger partial charge in [0.05, 0.1) is 11.5 Å². The Bertz CT molecular complexity index is 1020. The minimum absolute atomic E-state index is 0.0585. The van der Waals surface area contributed by atoms with Crippen LogP contribution in [0.15, 0.2) is 59.0 Å². The highest BCUT2D eigenvalue weighted by Gasteiger charge is 2.17. The van der Waals surface area contributed by atoms with Crippen molar-refractivity contribution in [1.82, 2.24) is 4.98 Å². The van der Waals surface area contributed by atoms with Gasteiger partial charge in [-0.05, 0) is 35.3 Å². The van der Waals surface area contributed by atoms with E-state index in [0.29, 0.717) is 6.54 Å². The number of aromatic nitrogens is 1. The number of H-pyrrole nitrogens is 1. The number of rotatable bonds is 4. The average Bonchev–Trinajstić information content (AvgIpc) is 3.29. The quantitative estimate of drug-likeness (QED) is 0.774. The molecule has 3 heterocycles. The predicted molar refractivity (Wildman–Crippen MR) is 101 cm³/mol. The third kappa shape index (κ3) is 3.15. The van der Waals surface area contributed by atoms with Crippen LogP contribution in [-0.4, -0.2) is 17.4 Å². The van der Waals surface area contributed by atoms with Crippen LogP contribution >= 0.6 is 11.3 Å². The summed E-state index contributed by atoms with van der Waals surface area (Å²) in [5, 5.41) is 4.31. The smallest absolute Gasteiger partial charge is 0.224 e. The molecule has 0 bridgehead atoms. The molecular weight excluding hydrogens is 330 g/mol. The molecule has 3 aromatic rings. The molecule has 4 nitrogen and oxygen atoms in total. The lowest BCUT2D eigenvalue weighted by molar-refractivity contribution is -0.116. The van der Waals surface area contributed by atoms with Gasteiger partial charge in [-0.15, -0.1) is 11.3 Å². The number of thiophene rings is 1. The molecule has 1 amide bonds. The van der Waals surface area contributed by atoms with Crippen molar-refractivity contribution in [2.45, 2.75) is 19.9 Å². The fourth-order valence-corrected chi connectivity index (χ4v) is 4.16. The summed E-state index contributed by atoms with van der Waals surface area (Å²) in [6, 6.07) is 14.3. The van der Waals surface area contributed by atoms with E-state index in [1.807, 2.05) is 41.4 Å². The molecular formula is C20H19N3OS. The van der Waals surface area contributed by atoms with Gasteiger partial charge in [0.25, 0.3) is 0 Å². The van der Waals surface area contributed by atoms with E-state index >= 15 is 0 Å². The molecule has 0 saturated heterocycles. The zero-order chi connectivity index (χ0) is 17.2. The summed E-state index contributed by atoms with van der Waals surface area (Å²) in [4.78, 5) is 21.7. The normalized spacial score (nSPS) is 13.2. The lowest BCUT2D eigenvalue weighted by Gasteiger charge is -2.19. The van der Waals surface area contributed by atoms with Crippen molar-refractivity contribution in [3.8, 4) is 0 Å². The lowest BCUT2D eigenvalue weighted by Crippen LogP contribution is -2.29. The number of nitrogens with zero attached hydrogens (tertiary/aromatic N) is 2. The number of fused-ring (bicyclic) bond motifs is 1. The van der Waals surface area contributed by atoms with E-state index in [-0.39, 0.29) is 5.91 Å². The first-order valence-corrected chi connectivity index (χ1v) is 9.22. The number of carbonyl (C=O) groups is 1. The summed E-state index contributed by atoms with van der Waals surface area (Å²) < 4.78 is 0. The van der Waals surface area contributed by atoms with E-state index in [2.05, 4.69) is 27.5 Å². The molecule has 4 rings (SSSR count). The summed E-state index contributed by atoms with van der Waals surface area (Å²) >= 11 is 1.62. The van der Waals surface area contributed by atoms with Gasteiger partial charge in [-0.1, -0.05) is 30.3 Å². The molecule has 25 heavy (non-hydrogen) atoms. The first-order valence-electron chi connectivity index (χ1n) is 8.34. The Morgan fingerprint density at radius 1 is 1.28 bits per heavy atom. The van der Waals surface area contributed by atoms with E-state index in [1.165, 1.54) is 16.4 Å². The van der Waals surface area contributed by atoms with Crippen molar-refractivity contribution < 1.29 is 4.79 Å². The molecule has 0 fully saturated rings. The maximum atomic E-state index is 12.2. The monoisotopic (exact) mass is 349 g/mol. The van der Waals surface area contributed by atoms with Gasteiger partial charge in [-0.25, -0.2) is 0 Å². The summed E-state index contributed by atoms with van der Waals surface area (Å²) in [7, 11) is 0. The lowest BCUT2D eigenvalue weighted by atomic mass is 10.0. The van der Waals surface area contributed by atoms with Gasteiger partial charge >= 0.3 is 0 Å². The zero-order valence-corrected chi connectivity index (χ0v) is 14.8. The van der Waals surface area contributed by atoms with Crippen molar-refractivity contribution >= 4 is 27.8 Å². The van der Waals surface area contributed by atoms with Gasteiger partial charge in [-0.3, -0.25) is 14.7 Å². The summed E-state index contributed by atoms with van der Waals surface area (Å²) in [5.41, 5.74) is 4.58. The highest BCUT2D eigenvalue weighted by molar-refractivity contribution is 7.14. The van der Waals surface area contributed by atoms with E-state index < -0.39 is 0 Å². The molecule has 126 valence electrons. The third-order valence-corrected chi connectivity index (χ3v) is 5.40. The topological polar surface area (TPSA) is 48.5 Å². The van der Waals surface area contributed by atoms with Crippen molar-refractivity contribution in [2.75, 3.05) is 11.4 Å². The van der Waals surface area contributed by atoms with Gasteiger partial charge in [0.15, 0.2) is 0 Å². The maximum Gasteiger partial charge on any atom is 0.224 e. The molecule has 0 unspecified atom stereocenters. The Hall–Kier alpha value is -2.66. The molecule has 0 saturated carbocycles. The van der Waals surface area contributed by atoms with E-state index in [9.17, 15) is 4.79 Å². The van der Waals surface area contributed by atoms with Gasteiger partial charge < -0.3 is 4.98 Å². The fraction of sp³-hybridized carbons (Fsp3) is 0.200. The zero-order valence-electron chi connectivity index (χ0n) is 14.0. The molecule has 1 aromatic carbocycles. The van der Waals surface area contributed by atoms with Crippen LogP contribution in [0.2, 0.25) is 0 Å². The second-order valence-corrected chi connectivity index (χ2v) is 7.00. The second-order valence-electron chi connectivity index (χ2n) is 6.11. The Balaban J connectivity index is 1.69. The molecule has 5 heteroatoms. The van der Waals surface area contributed by atoms with Crippen LogP contribution < -0.4 is 15.6 Å². The number of hydrogen-bond acceptors (Lipinski definition) is 3. The Labute approximate surface area is 150 Å². The maximum absolute atomic E-state index is 12.2. The van der Waals surface area contributed by atoms with Crippen molar-refractivity contribution in [3.05, 3.63) is 75.9 Å². The number of benzene rings is 1. The number of carbonyl (C=O) groups excluding carboxylic acids is 1. The molecule has 1 N–H and O–H groups in total. The van der Waals surface area contributed by atoms with E-state index in [1.54, 1.807) is 18.3 Å². The number of aromatic amines is 1. The summed E-state index contributed by atoms with van der Waals surface area (Å²) in [6.45, 7) is 3.02. The molecule has 0 radical (unpaired) electrons. The minimum Gasteiger partial charge on any atom is -0.346 e. The number of nitrogens with one attached hydrogen (secondary N) is 1. The molecule has 0 aliphatic carbocycles. The van der Waals surface area contributed by atoms with Crippen molar-refractivity contribution in [3.63, 3.8) is 0 Å². The number of amides is 1. The van der Waals surface area contributed by atoms with Crippen molar-refractivity contribution in [2.24, 2.45) is 4.99 Å². The Morgan fingerprint density at radius 3 is 2.92 bits per heavy atom. The summed E-state index contributed by atoms with van der Waals surface area (Å²) in [6.07, 6.45) is 2.86. The van der Waals surface area contributed by atoms with E-state index in [4.69, 9.17) is 0 Å². The van der Waals surface area contributed by atoms with Crippen molar-refractivity contribution in [1.29, 1.82) is 0 Å². The van der Waals surface area contributed by atoms with Crippen LogP contribution in [0.25, 0.3) is 5.57 Å². The molecule has 1 aliphatic heterocycles. The highest BCUT2D eigenvalue weighted by Crippen LogP contribution is 2.30. The van der Waals surface area contributed by atoms with Crippen LogP contribution in [0.3, 0.4) is 0 Å². The van der Waals surface area contributed by atoms with Gasteiger partial charge in [0.1, 0.15) is 5.49 Å². The van der Waals surface area contributed by atoms with E-state index in [0.717, 1.165) is 29.0 Å². The van der Waals surface area contributed by atoms with Gasteiger partial charge in [0, 0.05) is 30.3 Å². The largest absolute Gasteiger partial charge is 0.346 e. The second kappa shape index (κ2) is 6.69. The first-order chi connectivity index (χ1) is 12.2. The Kier molecular flexibility index (Phi) is 4.24. The van der Waals surface area contributed by atoms with Crippen LogP contribution in [0.5, 0.6) is 0 Å². The first kappa shape index (κ1) is 15.8. The number of anilines is 1. The SMILES string of the molecule is CC(=O)N(Cc1ccccc1)c1cc(C2=c3cc[nH]c3=NCC2)cs1. The predicted octanol–water partition coefficient (Wildman–Crippen LogP) is 2.85. The Morgan fingerprint density at radius 2 is 2.12 bits per heavy atom. The van der Waals surface area contributed by atoms with Crippen LogP contribution in [0, 0.1) is 0 Å². The average molecular weight is 349 g/mol. The van der Waals surface area contributed by atoms with Crippen LogP contribution in [-0.2, 0) is 11.3 Å².